The third kappa shape index (κ3) is 4.15. The molecule has 0 saturated heterocycles. The van der Waals surface area contributed by atoms with Crippen LogP contribution in [0.15, 0.2) is 117 Å². The Morgan fingerprint density at radius 3 is 2.36 bits per heavy atom. The van der Waals surface area contributed by atoms with Gasteiger partial charge in [0, 0.05) is 32.4 Å². The molecular formula is C30H21BrClN3O. The Morgan fingerprint density at radius 2 is 1.61 bits per heavy atom. The van der Waals surface area contributed by atoms with E-state index in [1.54, 1.807) is 6.07 Å². The van der Waals surface area contributed by atoms with Crippen LogP contribution in [0.4, 0.5) is 5.69 Å². The zero-order valence-electron chi connectivity index (χ0n) is 19.2. The third-order valence-corrected chi connectivity index (χ3v) is 7.22. The van der Waals surface area contributed by atoms with E-state index < -0.39 is 0 Å². The third-order valence-electron chi connectivity index (χ3n) is 6.49. The lowest BCUT2D eigenvalue weighted by Gasteiger charge is -2.24. The molecule has 0 aliphatic carbocycles. The molecular weight excluding hydrogens is 534 g/mol. The molecule has 2 heterocycles. The molecule has 0 radical (unpaired) electrons. The summed E-state index contributed by atoms with van der Waals surface area (Å²) in [6, 6.07) is 33.8. The minimum atomic E-state index is -0.162. The highest BCUT2D eigenvalue weighted by atomic mass is 79.9. The molecule has 6 rings (SSSR count). The standard InChI is InChI=1S/C30H21BrClN3O/c31-21-11-7-10-20(16-21)27-18-26(34-35(27)23-12-5-2-6-13-23)29-28(19-8-3-1-4-9-19)24-17-22(32)14-15-25(24)33-30(29)36/h1-17,27H,18H2,(H,33,36)/t27-/m0/s1. The predicted octanol–water partition coefficient (Wildman–Crippen LogP) is 7.97. The van der Waals surface area contributed by atoms with Crippen molar-refractivity contribution in [3.05, 3.63) is 134 Å². The zero-order valence-corrected chi connectivity index (χ0v) is 21.5. The summed E-state index contributed by atoms with van der Waals surface area (Å²) in [5.74, 6) is 0. The lowest BCUT2D eigenvalue weighted by molar-refractivity contribution is 0.708. The number of rotatable bonds is 4. The maximum atomic E-state index is 13.6. The minimum Gasteiger partial charge on any atom is -0.321 e. The van der Waals surface area contributed by atoms with Crippen molar-refractivity contribution < 1.29 is 0 Å². The van der Waals surface area contributed by atoms with Gasteiger partial charge in [0.25, 0.3) is 5.56 Å². The summed E-state index contributed by atoms with van der Waals surface area (Å²) < 4.78 is 1.00. The van der Waals surface area contributed by atoms with Gasteiger partial charge in [-0.3, -0.25) is 9.80 Å². The molecule has 4 nitrogen and oxygen atoms in total. The Morgan fingerprint density at radius 1 is 0.861 bits per heavy atom. The van der Waals surface area contributed by atoms with Gasteiger partial charge in [-0.15, -0.1) is 0 Å². The van der Waals surface area contributed by atoms with Crippen LogP contribution < -0.4 is 10.6 Å². The topological polar surface area (TPSA) is 48.5 Å². The number of aromatic nitrogens is 1. The van der Waals surface area contributed by atoms with Crippen LogP contribution >= 0.6 is 27.5 Å². The van der Waals surface area contributed by atoms with E-state index in [2.05, 4.69) is 33.0 Å². The highest BCUT2D eigenvalue weighted by Crippen LogP contribution is 2.40. The number of hydrogen-bond acceptors (Lipinski definition) is 3. The van der Waals surface area contributed by atoms with Crippen molar-refractivity contribution in [1.82, 2.24) is 4.98 Å². The molecule has 36 heavy (non-hydrogen) atoms. The molecule has 0 unspecified atom stereocenters. The van der Waals surface area contributed by atoms with E-state index in [4.69, 9.17) is 16.7 Å². The number of para-hydroxylation sites is 1. The first-order valence-corrected chi connectivity index (χ1v) is 12.8. The number of halogens is 2. The number of aromatic amines is 1. The smallest absolute Gasteiger partial charge is 0.258 e. The second-order valence-corrected chi connectivity index (χ2v) is 10.1. The molecule has 176 valence electrons. The van der Waals surface area contributed by atoms with E-state index in [-0.39, 0.29) is 11.6 Å². The van der Waals surface area contributed by atoms with Crippen molar-refractivity contribution in [1.29, 1.82) is 0 Å². The normalized spacial score (nSPS) is 15.3. The second kappa shape index (κ2) is 9.41. The van der Waals surface area contributed by atoms with Gasteiger partial charge in [0.2, 0.25) is 0 Å². The van der Waals surface area contributed by atoms with Crippen LogP contribution in [0.5, 0.6) is 0 Å². The van der Waals surface area contributed by atoms with Gasteiger partial charge in [0.05, 0.1) is 23.0 Å². The van der Waals surface area contributed by atoms with Gasteiger partial charge in [0.1, 0.15) is 0 Å². The summed E-state index contributed by atoms with van der Waals surface area (Å²) in [5, 5.41) is 8.60. The van der Waals surface area contributed by atoms with Gasteiger partial charge >= 0.3 is 0 Å². The maximum absolute atomic E-state index is 13.6. The highest BCUT2D eigenvalue weighted by molar-refractivity contribution is 9.10. The molecule has 1 aliphatic rings. The Balaban J connectivity index is 1.60. The maximum Gasteiger partial charge on any atom is 0.258 e. The molecule has 0 fully saturated rings. The molecule has 0 spiro atoms. The average molecular weight is 555 g/mol. The summed E-state index contributed by atoms with van der Waals surface area (Å²) in [5.41, 5.74) is 5.79. The Kier molecular flexibility index (Phi) is 5.96. The molecule has 4 aromatic carbocycles. The molecule has 1 N–H and O–H groups in total. The van der Waals surface area contributed by atoms with Crippen LogP contribution in [0.2, 0.25) is 5.02 Å². The first kappa shape index (κ1) is 22.8. The van der Waals surface area contributed by atoms with E-state index in [0.717, 1.165) is 43.5 Å². The fourth-order valence-corrected chi connectivity index (χ4v) is 5.49. The fraction of sp³-hybridized carbons (Fsp3) is 0.0667. The highest BCUT2D eigenvalue weighted by Gasteiger charge is 2.33. The summed E-state index contributed by atoms with van der Waals surface area (Å²) in [6.07, 6.45) is 0.584. The summed E-state index contributed by atoms with van der Waals surface area (Å²) in [6.45, 7) is 0. The van der Waals surface area contributed by atoms with Crippen LogP contribution in [0, 0.1) is 0 Å². The largest absolute Gasteiger partial charge is 0.321 e. The monoisotopic (exact) mass is 553 g/mol. The van der Waals surface area contributed by atoms with E-state index in [0.29, 0.717) is 17.0 Å². The number of hydrogen-bond donors (Lipinski definition) is 1. The molecule has 0 amide bonds. The first-order valence-electron chi connectivity index (χ1n) is 11.7. The first-order chi connectivity index (χ1) is 17.6. The van der Waals surface area contributed by atoms with Gasteiger partial charge in [-0.25, -0.2) is 0 Å². The van der Waals surface area contributed by atoms with Crippen molar-refractivity contribution in [2.24, 2.45) is 5.10 Å². The lowest BCUT2D eigenvalue weighted by Crippen LogP contribution is -2.20. The number of benzene rings is 4. The number of anilines is 1. The number of pyridine rings is 1. The molecule has 1 aromatic heterocycles. The molecule has 0 saturated carbocycles. The van der Waals surface area contributed by atoms with Crippen molar-refractivity contribution in [2.75, 3.05) is 5.01 Å². The van der Waals surface area contributed by atoms with Gasteiger partial charge in [-0.1, -0.05) is 88.2 Å². The number of hydrazone groups is 1. The SMILES string of the molecule is O=c1[nH]c2ccc(Cl)cc2c(-c2ccccc2)c1C1=NN(c2ccccc2)[C@H](c2cccc(Br)c2)C1. The van der Waals surface area contributed by atoms with E-state index in [9.17, 15) is 4.79 Å². The van der Waals surface area contributed by atoms with Crippen molar-refractivity contribution in [3.63, 3.8) is 0 Å². The van der Waals surface area contributed by atoms with Crippen LogP contribution in [0.1, 0.15) is 23.6 Å². The van der Waals surface area contributed by atoms with Crippen molar-refractivity contribution in [3.8, 4) is 11.1 Å². The zero-order chi connectivity index (χ0) is 24.6. The minimum absolute atomic E-state index is 0.0574. The summed E-state index contributed by atoms with van der Waals surface area (Å²) >= 11 is 10.0. The van der Waals surface area contributed by atoms with Crippen LogP contribution in [-0.4, -0.2) is 10.7 Å². The van der Waals surface area contributed by atoms with E-state index >= 15 is 0 Å². The molecule has 5 aromatic rings. The van der Waals surface area contributed by atoms with Gasteiger partial charge in [-0.2, -0.15) is 5.10 Å². The van der Waals surface area contributed by atoms with Gasteiger partial charge < -0.3 is 4.98 Å². The van der Waals surface area contributed by atoms with Crippen LogP contribution in [0.25, 0.3) is 22.0 Å². The van der Waals surface area contributed by atoms with Crippen molar-refractivity contribution in [2.45, 2.75) is 12.5 Å². The van der Waals surface area contributed by atoms with Crippen molar-refractivity contribution >= 4 is 49.8 Å². The fourth-order valence-electron chi connectivity index (χ4n) is 4.90. The molecule has 1 atom stereocenters. The number of nitrogens with one attached hydrogen (secondary N) is 1. The van der Waals surface area contributed by atoms with Gasteiger partial charge in [0.15, 0.2) is 0 Å². The molecule has 0 bridgehead atoms. The summed E-state index contributed by atoms with van der Waals surface area (Å²) in [7, 11) is 0. The molecule has 1 aliphatic heterocycles. The Bertz CT molecular complexity index is 1670. The lowest BCUT2D eigenvalue weighted by atomic mass is 9.91. The predicted molar refractivity (Wildman–Crippen MR) is 152 cm³/mol. The quantitative estimate of drug-likeness (QED) is 0.245. The van der Waals surface area contributed by atoms with Crippen LogP contribution in [0.3, 0.4) is 0 Å². The van der Waals surface area contributed by atoms with Gasteiger partial charge in [-0.05, 0) is 53.6 Å². The second-order valence-electron chi connectivity index (χ2n) is 8.76. The van der Waals surface area contributed by atoms with Crippen LogP contribution in [-0.2, 0) is 0 Å². The Hall–Kier alpha value is -3.67. The summed E-state index contributed by atoms with van der Waals surface area (Å²) in [4.78, 5) is 16.7. The average Bonchev–Trinajstić information content (AvgIpc) is 3.34. The van der Waals surface area contributed by atoms with E-state index in [1.807, 2.05) is 89.9 Å². The molecule has 6 heteroatoms. The van der Waals surface area contributed by atoms with E-state index in [1.165, 1.54) is 0 Å². The number of fused-ring (bicyclic) bond motifs is 1. The number of nitrogens with zero attached hydrogens (tertiary/aromatic N) is 2. The number of H-pyrrole nitrogens is 1. The Labute approximate surface area is 222 Å².